The number of aryl methyl sites for hydroxylation is 1. The first-order valence-corrected chi connectivity index (χ1v) is 9.49. The Labute approximate surface area is 178 Å². The zero-order valence-corrected chi connectivity index (χ0v) is 16.9. The van der Waals surface area contributed by atoms with E-state index in [0.717, 1.165) is 17.2 Å². The third-order valence-electron chi connectivity index (χ3n) is 4.31. The largest absolute Gasteiger partial charge is 0.489 e. The number of carbonyl (C=O) groups excluding carboxylic acids is 1. The second-order valence-electron chi connectivity index (χ2n) is 6.76. The summed E-state index contributed by atoms with van der Waals surface area (Å²) in [5.41, 5.74) is 2.45. The van der Waals surface area contributed by atoms with Gasteiger partial charge in [-0.3, -0.25) is 9.59 Å². The first-order valence-electron chi connectivity index (χ1n) is 9.11. The van der Waals surface area contributed by atoms with Crippen LogP contribution in [0, 0.1) is 12.7 Å². The number of halogens is 2. The molecule has 1 amide bonds. The van der Waals surface area contributed by atoms with E-state index in [1.165, 1.54) is 24.3 Å². The average molecular weight is 428 g/mol. The molecule has 0 bridgehead atoms. The van der Waals surface area contributed by atoms with Crippen molar-refractivity contribution in [2.45, 2.75) is 20.0 Å². The highest BCUT2D eigenvalue weighted by atomic mass is 35.5. The highest BCUT2D eigenvalue weighted by molar-refractivity contribution is 6.34. The van der Waals surface area contributed by atoms with Gasteiger partial charge < -0.3 is 15.2 Å². The van der Waals surface area contributed by atoms with Crippen molar-refractivity contribution in [3.05, 3.63) is 93.8 Å². The van der Waals surface area contributed by atoms with Crippen molar-refractivity contribution in [2.75, 3.05) is 5.32 Å². The molecule has 0 aliphatic carbocycles. The number of carboxylic acid groups (broad SMARTS) is 1. The number of hydrogen-bond acceptors (Lipinski definition) is 3. The van der Waals surface area contributed by atoms with Gasteiger partial charge in [0.2, 0.25) is 0 Å². The number of carboxylic acids is 1. The van der Waals surface area contributed by atoms with Gasteiger partial charge in [-0.1, -0.05) is 47.5 Å². The van der Waals surface area contributed by atoms with E-state index in [1.807, 2.05) is 31.2 Å². The second kappa shape index (κ2) is 9.41. The normalized spacial score (nSPS) is 10.5. The molecular weight excluding hydrogens is 409 g/mol. The standard InChI is InChI=1S/C23H19ClFNO4/c1-14-3-2-4-16(9-14)13-30-17-6-7-19(24)18(12-17)23(29)26-21-8-5-15(10-20(21)25)11-22(27)28/h2-10,12H,11,13H2,1H3,(H,26,29)(H,27,28). The summed E-state index contributed by atoms with van der Waals surface area (Å²) in [5, 5.41) is 11.4. The van der Waals surface area contributed by atoms with Gasteiger partial charge in [0.25, 0.3) is 5.91 Å². The molecule has 0 aliphatic rings. The van der Waals surface area contributed by atoms with E-state index >= 15 is 0 Å². The fraction of sp³-hybridized carbons (Fsp3) is 0.130. The number of rotatable bonds is 7. The molecule has 3 rings (SSSR count). The minimum atomic E-state index is -1.07. The van der Waals surface area contributed by atoms with Gasteiger partial charge in [0.1, 0.15) is 18.2 Å². The molecule has 0 radical (unpaired) electrons. The first-order chi connectivity index (χ1) is 14.3. The zero-order chi connectivity index (χ0) is 21.7. The Balaban J connectivity index is 1.72. The maximum atomic E-state index is 14.2. The Hall–Kier alpha value is -3.38. The predicted molar refractivity (Wildman–Crippen MR) is 113 cm³/mol. The van der Waals surface area contributed by atoms with Crippen LogP contribution in [-0.4, -0.2) is 17.0 Å². The van der Waals surface area contributed by atoms with E-state index in [1.54, 1.807) is 6.07 Å². The van der Waals surface area contributed by atoms with Crippen molar-refractivity contribution in [3.8, 4) is 5.75 Å². The first kappa shape index (κ1) is 21.3. The molecule has 0 aliphatic heterocycles. The van der Waals surface area contributed by atoms with E-state index in [4.69, 9.17) is 21.4 Å². The number of hydrogen-bond donors (Lipinski definition) is 2. The Morgan fingerprint density at radius 1 is 1.07 bits per heavy atom. The number of aliphatic carboxylic acids is 1. The van der Waals surface area contributed by atoms with Crippen molar-refractivity contribution in [1.29, 1.82) is 0 Å². The van der Waals surface area contributed by atoms with Crippen LogP contribution in [0.1, 0.15) is 27.0 Å². The lowest BCUT2D eigenvalue weighted by Crippen LogP contribution is -2.14. The monoisotopic (exact) mass is 427 g/mol. The molecule has 0 unspecified atom stereocenters. The molecule has 0 aromatic heterocycles. The summed E-state index contributed by atoms with van der Waals surface area (Å²) in [6, 6.07) is 16.4. The van der Waals surface area contributed by atoms with Gasteiger partial charge in [-0.15, -0.1) is 0 Å². The molecular formula is C23H19ClFNO4. The molecule has 0 spiro atoms. The average Bonchev–Trinajstić information content (AvgIpc) is 2.69. The van der Waals surface area contributed by atoms with Crippen LogP contribution in [0.5, 0.6) is 5.75 Å². The SMILES string of the molecule is Cc1cccc(COc2ccc(Cl)c(C(=O)Nc3ccc(CC(=O)O)cc3F)c2)c1. The number of carbonyl (C=O) groups is 2. The number of nitrogens with one attached hydrogen (secondary N) is 1. The molecule has 7 heteroatoms. The van der Waals surface area contributed by atoms with Gasteiger partial charge in [-0.25, -0.2) is 4.39 Å². The summed E-state index contributed by atoms with van der Waals surface area (Å²) in [6.45, 7) is 2.31. The lowest BCUT2D eigenvalue weighted by Gasteiger charge is -2.11. The van der Waals surface area contributed by atoms with E-state index < -0.39 is 17.7 Å². The molecule has 0 saturated carbocycles. The second-order valence-corrected chi connectivity index (χ2v) is 7.17. The Kier molecular flexibility index (Phi) is 6.69. The van der Waals surface area contributed by atoms with Crippen molar-refractivity contribution in [3.63, 3.8) is 0 Å². The summed E-state index contributed by atoms with van der Waals surface area (Å²) in [7, 11) is 0. The van der Waals surface area contributed by atoms with Crippen LogP contribution < -0.4 is 10.1 Å². The summed E-state index contributed by atoms with van der Waals surface area (Å²) >= 11 is 6.14. The third kappa shape index (κ3) is 5.58. The third-order valence-corrected chi connectivity index (χ3v) is 4.64. The van der Waals surface area contributed by atoms with Crippen LogP contribution in [0.2, 0.25) is 5.02 Å². The van der Waals surface area contributed by atoms with Crippen molar-refractivity contribution < 1.29 is 23.8 Å². The van der Waals surface area contributed by atoms with E-state index in [0.29, 0.717) is 17.9 Å². The van der Waals surface area contributed by atoms with Gasteiger partial charge in [-0.2, -0.15) is 0 Å². The highest BCUT2D eigenvalue weighted by Crippen LogP contribution is 2.25. The van der Waals surface area contributed by atoms with Crippen LogP contribution in [0.4, 0.5) is 10.1 Å². The molecule has 30 heavy (non-hydrogen) atoms. The zero-order valence-electron chi connectivity index (χ0n) is 16.1. The minimum absolute atomic E-state index is 0.0729. The summed E-state index contributed by atoms with van der Waals surface area (Å²) in [4.78, 5) is 23.3. The smallest absolute Gasteiger partial charge is 0.307 e. The number of ether oxygens (including phenoxy) is 1. The maximum absolute atomic E-state index is 14.2. The molecule has 0 fully saturated rings. The van der Waals surface area contributed by atoms with E-state index in [-0.39, 0.29) is 22.7 Å². The predicted octanol–water partition coefficient (Wildman–Crippen LogP) is 5.25. The topological polar surface area (TPSA) is 75.6 Å². The Morgan fingerprint density at radius 2 is 1.87 bits per heavy atom. The van der Waals surface area contributed by atoms with Crippen molar-refractivity contribution in [1.82, 2.24) is 0 Å². The summed E-state index contributed by atoms with van der Waals surface area (Å²) < 4.78 is 20.0. The summed E-state index contributed by atoms with van der Waals surface area (Å²) in [6.07, 6.45) is -0.308. The maximum Gasteiger partial charge on any atom is 0.307 e. The minimum Gasteiger partial charge on any atom is -0.489 e. The van der Waals surface area contributed by atoms with Gasteiger partial charge in [0.05, 0.1) is 22.7 Å². The van der Waals surface area contributed by atoms with Crippen molar-refractivity contribution in [2.24, 2.45) is 0 Å². The van der Waals surface area contributed by atoms with Crippen LogP contribution in [0.15, 0.2) is 60.7 Å². The fourth-order valence-electron chi connectivity index (χ4n) is 2.87. The molecule has 3 aromatic carbocycles. The summed E-state index contributed by atoms with van der Waals surface area (Å²) in [5.74, 6) is -1.96. The number of amides is 1. The van der Waals surface area contributed by atoms with Gasteiger partial charge in [-0.05, 0) is 48.4 Å². The lowest BCUT2D eigenvalue weighted by atomic mass is 10.1. The van der Waals surface area contributed by atoms with Crippen LogP contribution >= 0.6 is 11.6 Å². The number of benzene rings is 3. The van der Waals surface area contributed by atoms with E-state index in [9.17, 15) is 14.0 Å². The quantitative estimate of drug-likeness (QED) is 0.540. The van der Waals surface area contributed by atoms with Gasteiger partial charge >= 0.3 is 5.97 Å². The van der Waals surface area contributed by atoms with Crippen LogP contribution in [0.25, 0.3) is 0 Å². The number of anilines is 1. The van der Waals surface area contributed by atoms with Crippen LogP contribution in [0.3, 0.4) is 0 Å². The molecule has 0 saturated heterocycles. The van der Waals surface area contributed by atoms with Gasteiger partial charge in [0, 0.05) is 0 Å². The lowest BCUT2D eigenvalue weighted by molar-refractivity contribution is -0.136. The van der Waals surface area contributed by atoms with Crippen molar-refractivity contribution >= 4 is 29.2 Å². The highest BCUT2D eigenvalue weighted by Gasteiger charge is 2.15. The van der Waals surface area contributed by atoms with E-state index in [2.05, 4.69) is 5.32 Å². The Morgan fingerprint density at radius 3 is 2.57 bits per heavy atom. The molecule has 2 N–H and O–H groups in total. The molecule has 0 atom stereocenters. The van der Waals surface area contributed by atoms with Gasteiger partial charge in [0.15, 0.2) is 0 Å². The fourth-order valence-corrected chi connectivity index (χ4v) is 3.07. The Bertz CT molecular complexity index is 1100. The molecule has 0 heterocycles. The van der Waals surface area contributed by atoms with Crippen LogP contribution in [-0.2, 0) is 17.8 Å². The molecule has 154 valence electrons. The molecule has 3 aromatic rings. The molecule has 5 nitrogen and oxygen atoms in total.